The second-order valence-electron chi connectivity index (χ2n) is 3.74. The molecule has 0 spiro atoms. The van der Waals surface area contributed by atoms with Crippen LogP contribution in [0.25, 0.3) is 11.3 Å². The van der Waals surface area contributed by atoms with Crippen molar-refractivity contribution in [2.24, 2.45) is 0 Å². The molecule has 2 rings (SSSR count). The Morgan fingerprint density at radius 3 is 2.89 bits per heavy atom. The lowest BCUT2D eigenvalue weighted by atomic mass is 10.1. The lowest BCUT2D eigenvalue weighted by Crippen LogP contribution is -2.05. The normalized spacial score (nSPS) is 10.7. The highest BCUT2D eigenvalue weighted by molar-refractivity contribution is 9.10. The maximum atomic E-state index is 6.23. The number of halogens is 2. The SMILES string of the molecule is CNCc1[nH]nc(-c2ccc(OC)cc2Cl)c1Br. The lowest BCUT2D eigenvalue weighted by molar-refractivity contribution is 0.415. The van der Waals surface area contributed by atoms with Crippen LogP contribution in [0.4, 0.5) is 0 Å². The third kappa shape index (κ3) is 2.53. The van der Waals surface area contributed by atoms with E-state index in [-0.39, 0.29) is 0 Å². The zero-order chi connectivity index (χ0) is 13.1. The molecule has 0 bridgehead atoms. The Morgan fingerprint density at radius 2 is 2.28 bits per heavy atom. The van der Waals surface area contributed by atoms with Gasteiger partial charge in [0.05, 0.1) is 22.3 Å². The molecule has 2 aromatic rings. The van der Waals surface area contributed by atoms with Crippen LogP contribution in [0.5, 0.6) is 5.75 Å². The summed E-state index contributed by atoms with van der Waals surface area (Å²) in [4.78, 5) is 0. The summed E-state index contributed by atoms with van der Waals surface area (Å²) in [6, 6.07) is 5.53. The molecule has 1 aromatic carbocycles. The van der Waals surface area contributed by atoms with Crippen molar-refractivity contribution in [2.75, 3.05) is 14.2 Å². The van der Waals surface area contributed by atoms with E-state index in [1.165, 1.54) is 0 Å². The molecule has 2 N–H and O–H groups in total. The summed E-state index contributed by atoms with van der Waals surface area (Å²) in [6.07, 6.45) is 0. The van der Waals surface area contributed by atoms with Gasteiger partial charge in [-0.05, 0) is 41.2 Å². The molecule has 1 aromatic heterocycles. The molecule has 18 heavy (non-hydrogen) atoms. The molecule has 0 atom stereocenters. The van der Waals surface area contributed by atoms with Crippen LogP contribution in [0.15, 0.2) is 22.7 Å². The van der Waals surface area contributed by atoms with E-state index in [1.54, 1.807) is 13.2 Å². The van der Waals surface area contributed by atoms with E-state index in [2.05, 4.69) is 31.4 Å². The first-order chi connectivity index (χ1) is 8.67. The zero-order valence-electron chi connectivity index (χ0n) is 10.1. The minimum atomic E-state index is 0.609. The van der Waals surface area contributed by atoms with Gasteiger partial charge in [-0.25, -0.2) is 0 Å². The van der Waals surface area contributed by atoms with Gasteiger partial charge in [-0.3, -0.25) is 5.10 Å². The molecular formula is C12H13BrClN3O. The van der Waals surface area contributed by atoms with Gasteiger partial charge < -0.3 is 10.1 Å². The fraction of sp³-hybridized carbons (Fsp3) is 0.250. The van der Waals surface area contributed by atoms with Crippen LogP contribution in [-0.4, -0.2) is 24.4 Å². The number of nitrogens with one attached hydrogen (secondary N) is 2. The number of rotatable bonds is 4. The zero-order valence-corrected chi connectivity index (χ0v) is 12.4. The Balaban J connectivity index is 2.42. The molecule has 0 saturated carbocycles. The molecular weight excluding hydrogens is 318 g/mol. The molecule has 1 heterocycles. The summed E-state index contributed by atoms with van der Waals surface area (Å²) in [5, 5.41) is 10.9. The highest BCUT2D eigenvalue weighted by atomic mass is 79.9. The van der Waals surface area contributed by atoms with Crippen LogP contribution in [0.1, 0.15) is 5.69 Å². The molecule has 0 unspecified atom stereocenters. The first-order valence-electron chi connectivity index (χ1n) is 5.38. The van der Waals surface area contributed by atoms with Gasteiger partial charge in [-0.1, -0.05) is 11.6 Å². The van der Waals surface area contributed by atoms with Crippen molar-refractivity contribution in [2.45, 2.75) is 6.54 Å². The predicted molar refractivity (Wildman–Crippen MR) is 76.0 cm³/mol. The molecule has 4 nitrogen and oxygen atoms in total. The largest absolute Gasteiger partial charge is 0.497 e. The molecule has 0 aliphatic rings. The van der Waals surface area contributed by atoms with Gasteiger partial charge in [0.2, 0.25) is 0 Å². The number of aromatic amines is 1. The van der Waals surface area contributed by atoms with Crippen molar-refractivity contribution in [1.82, 2.24) is 15.5 Å². The van der Waals surface area contributed by atoms with Crippen molar-refractivity contribution >= 4 is 27.5 Å². The van der Waals surface area contributed by atoms with Crippen LogP contribution >= 0.6 is 27.5 Å². The quantitative estimate of drug-likeness (QED) is 0.905. The van der Waals surface area contributed by atoms with Crippen molar-refractivity contribution in [3.8, 4) is 17.0 Å². The fourth-order valence-corrected chi connectivity index (χ4v) is 2.44. The number of H-pyrrole nitrogens is 1. The molecule has 96 valence electrons. The van der Waals surface area contributed by atoms with Gasteiger partial charge >= 0.3 is 0 Å². The highest BCUT2D eigenvalue weighted by Crippen LogP contribution is 2.35. The first kappa shape index (κ1) is 13.4. The van der Waals surface area contributed by atoms with Gasteiger partial charge in [0.25, 0.3) is 0 Å². The third-order valence-corrected chi connectivity index (χ3v) is 3.73. The maximum Gasteiger partial charge on any atom is 0.120 e. The van der Waals surface area contributed by atoms with Crippen molar-refractivity contribution in [1.29, 1.82) is 0 Å². The van der Waals surface area contributed by atoms with Crippen LogP contribution < -0.4 is 10.1 Å². The van der Waals surface area contributed by atoms with E-state index < -0.39 is 0 Å². The Bertz CT molecular complexity index is 556. The van der Waals surface area contributed by atoms with E-state index in [4.69, 9.17) is 16.3 Å². The molecule has 0 amide bonds. The molecule has 0 fully saturated rings. The van der Waals surface area contributed by atoms with Gasteiger partial charge in [-0.15, -0.1) is 0 Å². The van der Waals surface area contributed by atoms with E-state index in [0.717, 1.165) is 27.2 Å². The van der Waals surface area contributed by atoms with Gasteiger partial charge in [0, 0.05) is 12.1 Å². The summed E-state index contributed by atoms with van der Waals surface area (Å²) in [5.74, 6) is 0.728. The van der Waals surface area contributed by atoms with Crippen molar-refractivity contribution in [3.05, 3.63) is 33.4 Å². The Labute approximate surface area is 119 Å². The Hall–Kier alpha value is -1.04. The second kappa shape index (κ2) is 5.73. The van der Waals surface area contributed by atoms with E-state index >= 15 is 0 Å². The average Bonchev–Trinajstić information content (AvgIpc) is 2.72. The minimum absolute atomic E-state index is 0.609. The molecule has 0 radical (unpaired) electrons. The summed E-state index contributed by atoms with van der Waals surface area (Å²) in [6.45, 7) is 0.710. The average molecular weight is 331 g/mol. The Kier molecular flexibility index (Phi) is 4.27. The summed E-state index contributed by atoms with van der Waals surface area (Å²) >= 11 is 9.77. The van der Waals surface area contributed by atoms with Crippen molar-refractivity contribution in [3.63, 3.8) is 0 Å². The highest BCUT2D eigenvalue weighted by Gasteiger charge is 2.14. The summed E-state index contributed by atoms with van der Waals surface area (Å²) < 4.78 is 6.05. The van der Waals surface area contributed by atoms with E-state index in [0.29, 0.717) is 11.6 Å². The van der Waals surface area contributed by atoms with E-state index in [9.17, 15) is 0 Å². The number of hydrogen-bond acceptors (Lipinski definition) is 3. The van der Waals surface area contributed by atoms with E-state index in [1.807, 2.05) is 19.2 Å². The van der Waals surface area contributed by atoms with Crippen molar-refractivity contribution < 1.29 is 4.74 Å². The van der Waals surface area contributed by atoms with Crippen LogP contribution in [0.3, 0.4) is 0 Å². The van der Waals surface area contributed by atoms with Crippen LogP contribution in [-0.2, 0) is 6.54 Å². The first-order valence-corrected chi connectivity index (χ1v) is 6.55. The summed E-state index contributed by atoms with van der Waals surface area (Å²) in [5.41, 5.74) is 2.65. The number of nitrogens with zero attached hydrogens (tertiary/aromatic N) is 1. The number of aromatic nitrogens is 2. The number of methoxy groups -OCH3 is 1. The maximum absolute atomic E-state index is 6.23. The van der Waals surface area contributed by atoms with Gasteiger partial charge in [0.15, 0.2) is 0 Å². The molecule has 6 heteroatoms. The molecule has 0 aliphatic heterocycles. The second-order valence-corrected chi connectivity index (χ2v) is 4.94. The predicted octanol–water partition coefficient (Wildman–Crippen LogP) is 3.22. The lowest BCUT2D eigenvalue weighted by Gasteiger charge is -2.05. The van der Waals surface area contributed by atoms with Crippen LogP contribution in [0.2, 0.25) is 5.02 Å². The standard InChI is InChI=1S/C12H13BrClN3O/c1-15-6-10-11(13)12(17-16-10)8-4-3-7(18-2)5-9(8)14/h3-5,15H,6H2,1-2H3,(H,16,17). The number of ether oxygens (including phenoxy) is 1. The minimum Gasteiger partial charge on any atom is -0.497 e. The molecule has 0 aliphatic carbocycles. The topological polar surface area (TPSA) is 49.9 Å². The van der Waals surface area contributed by atoms with Gasteiger partial charge in [-0.2, -0.15) is 5.10 Å². The smallest absolute Gasteiger partial charge is 0.120 e. The number of benzene rings is 1. The van der Waals surface area contributed by atoms with Crippen LogP contribution in [0, 0.1) is 0 Å². The Morgan fingerprint density at radius 1 is 1.50 bits per heavy atom. The third-order valence-electron chi connectivity index (χ3n) is 2.56. The number of hydrogen-bond donors (Lipinski definition) is 2. The van der Waals surface area contributed by atoms with Gasteiger partial charge in [0.1, 0.15) is 11.4 Å². The monoisotopic (exact) mass is 329 g/mol. The summed E-state index contributed by atoms with van der Waals surface area (Å²) in [7, 11) is 3.49. The fourth-order valence-electron chi connectivity index (χ4n) is 1.65. The molecule has 0 saturated heterocycles.